The molecule has 0 aromatic heterocycles. The van der Waals surface area contributed by atoms with Crippen LogP contribution < -0.4 is 0 Å². The maximum absolute atomic E-state index is 6.36. The molecule has 2 unspecified atom stereocenters. The van der Waals surface area contributed by atoms with E-state index < -0.39 is 0 Å². The predicted molar refractivity (Wildman–Crippen MR) is 105 cm³/mol. The molecule has 2 aromatic rings. The Kier molecular flexibility index (Phi) is 5.58. The van der Waals surface area contributed by atoms with Gasteiger partial charge >= 0.3 is 0 Å². The number of hydrogen-bond donors (Lipinski definition) is 0. The van der Waals surface area contributed by atoms with Crippen LogP contribution in [0, 0.1) is 11.8 Å². The third-order valence-corrected chi connectivity index (χ3v) is 5.04. The molecule has 0 amide bonds. The summed E-state index contributed by atoms with van der Waals surface area (Å²) in [5, 5.41) is 0.867. The van der Waals surface area contributed by atoms with E-state index in [2.05, 4.69) is 74.5 Å². The van der Waals surface area contributed by atoms with E-state index in [4.69, 9.17) is 11.6 Å². The fourth-order valence-electron chi connectivity index (χ4n) is 3.47. The van der Waals surface area contributed by atoms with Crippen LogP contribution in [0.2, 0.25) is 5.02 Å². The molecule has 1 aliphatic rings. The van der Waals surface area contributed by atoms with Crippen molar-refractivity contribution in [2.45, 2.75) is 32.6 Å². The largest absolute Gasteiger partial charge is 0.0840 e. The van der Waals surface area contributed by atoms with Gasteiger partial charge in [0, 0.05) is 10.9 Å². The normalized spacial score (nSPS) is 19.8. The highest BCUT2D eigenvalue weighted by molar-refractivity contribution is 6.31. The molecule has 124 valence electrons. The number of rotatable bonds is 5. The minimum atomic E-state index is 0.416. The molecule has 0 saturated heterocycles. The topological polar surface area (TPSA) is 0 Å². The van der Waals surface area contributed by atoms with Crippen LogP contribution in [0.15, 0.2) is 72.8 Å². The molecule has 0 spiro atoms. The Hall–Kier alpha value is -1.79. The van der Waals surface area contributed by atoms with Gasteiger partial charge in [0.2, 0.25) is 0 Å². The van der Waals surface area contributed by atoms with Crippen molar-refractivity contribution in [3.8, 4) is 0 Å². The summed E-state index contributed by atoms with van der Waals surface area (Å²) in [6.45, 7) is 4.53. The van der Waals surface area contributed by atoms with Crippen LogP contribution >= 0.6 is 11.6 Å². The Morgan fingerprint density at radius 3 is 2.33 bits per heavy atom. The van der Waals surface area contributed by atoms with Crippen molar-refractivity contribution in [2.24, 2.45) is 11.8 Å². The summed E-state index contributed by atoms with van der Waals surface area (Å²) in [6.07, 6.45) is 11.1. The molecular weight excluding hydrogens is 312 g/mol. The highest BCUT2D eigenvalue weighted by Crippen LogP contribution is 2.34. The lowest BCUT2D eigenvalue weighted by Crippen LogP contribution is -2.14. The number of halogens is 1. The van der Waals surface area contributed by atoms with Gasteiger partial charge in [0.05, 0.1) is 0 Å². The Labute approximate surface area is 150 Å². The first-order valence-electron chi connectivity index (χ1n) is 8.80. The second kappa shape index (κ2) is 7.85. The molecule has 0 bridgehead atoms. The molecule has 1 heteroatoms. The van der Waals surface area contributed by atoms with Gasteiger partial charge in [0.1, 0.15) is 0 Å². The highest BCUT2D eigenvalue weighted by Gasteiger charge is 2.21. The van der Waals surface area contributed by atoms with Gasteiger partial charge in [-0.2, -0.15) is 0 Å². The third-order valence-electron chi connectivity index (χ3n) is 4.67. The molecule has 3 rings (SSSR count). The van der Waals surface area contributed by atoms with E-state index >= 15 is 0 Å². The minimum absolute atomic E-state index is 0.416. The predicted octanol–water partition coefficient (Wildman–Crippen LogP) is 6.61. The average molecular weight is 337 g/mol. The first-order chi connectivity index (χ1) is 11.6. The van der Waals surface area contributed by atoms with Crippen LogP contribution in [0.3, 0.4) is 0 Å². The SMILES string of the molecule is CC(C)Cc1ccc(C2C=CC=CC2Cc2ccccc2Cl)cc1. The van der Waals surface area contributed by atoms with Crippen molar-refractivity contribution in [3.05, 3.63) is 94.5 Å². The van der Waals surface area contributed by atoms with Crippen LogP contribution in [0.25, 0.3) is 0 Å². The lowest BCUT2D eigenvalue weighted by molar-refractivity contribution is 0.574. The summed E-state index contributed by atoms with van der Waals surface area (Å²) in [7, 11) is 0. The fourth-order valence-corrected chi connectivity index (χ4v) is 3.68. The Balaban J connectivity index is 1.79. The number of benzene rings is 2. The molecule has 0 saturated carbocycles. The Bertz CT molecular complexity index is 722. The van der Waals surface area contributed by atoms with E-state index in [1.54, 1.807) is 0 Å². The van der Waals surface area contributed by atoms with E-state index in [1.807, 2.05) is 12.1 Å². The molecular formula is C23H25Cl. The van der Waals surface area contributed by atoms with E-state index in [0.717, 1.165) is 17.9 Å². The zero-order valence-corrected chi connectivity index (χ0v) is 15.2. The van der Waals surface area contributed by atoms with Crippen molar-refractivity contribution in [3.63, 3.8) is 0 Å². The average Bonchev–Trinajstić information content (AvgIpc) is 2.58. The summed E-state index contributed by atoms with van der Waals surface area (Å²) >= 11 is 6.36. The van der Waals surface area contributed by atoms with Crippen molar-refractivity contribution in [2.75, 3.05) is 0 Å². The second-order valence-corrected chi connectivity index (χ2v) is 7.50. The molecule has 0 fully saturated rings. The van der Waals surface area contributed by atoms with Crippen LogP contribution in [0.1, 0.15) is 36.5 Å². The lowest BCUT2D eigenvalue weighted by atomic mass is 9.79. The number of allylic oxidation sites excluding steroid dienone is 4. The van der Waals surface area contributed by atoms with Gasteiger partial charge in [-0.25, -0.2) is 0 Å². The van der Waals surface area contributed by atoms with E-state index in [9.17, 15) is 0 Å². The van der Waals surface area contributed by atoms with Gasteiger partial charge in [-0.1, -0.05) is 92.2 Å². The second-order valence-electron chi connectivity index (χ2n) is 7.09. The maximum Gasteiger partial charge on any atom is 0.0438 e. The van der Waals surface area contributed by atoms with Crippen LogP contribution in [-0.2, 0) is 12.8 Å². The quantitative estimate of drug-likeness (QED) is 0.576. The van der Waals surface area contributed by atoms with Crippen molar-refractivity contribution >= 4 is 11.6 Å². The molecule has 24 heavy (non-hydrogen) atoms. The van der Waals surface area contributed by atoms with E-state index in [1.165, 1.54) is 16.7 Å². The standard InChI is InChI=1S/C23H25Cl/c1-17(2)15-18-11-13-19(14-12-18)22-9-5-3-7-20(22)16-21-8-4-6-10-23(21)24/h3-14,17,20,22H,15-16H2,1-2H3. The Morgan fingerprint density at radius 2 is 1.62 bits per heavy atom. The maximum atomic E-state index is 6.36. The van der Waals surface area contributed by atoms with Crippen LogP contribution in [0.4, 0.5) is 0 Å². The Morgan fingerprint density at radius 1 is 0.917 bits per heavy atom. The molecule has 0 N–H and O–H groups in total. The van der Waals surface area contributed by atoms with Crippen LogP contribution in [-0.4, -0.2) is 0 Å². The zero-order chi connectivity index (χ0) is 16.9. The van der Waals surface area contributed by atoms with E-state index in [-0.39, 0.29) is 0 Å². The summed E-state index contributed by atoms with van der Waals surface area (Å²) in [4.78, 5) is 0. The van der Waals surface area contributed by atoms with Gasteiger partial charge < -0.3 is 0 Å². The highest BCUT2D eigenvalue weighted by atomic mass is 35.5. The van der Waals surface area contributed by atoms with Gasteiger partial charge in [0.15, 0.2) is 0 Å². The first-order valence-corrected chi connectivity index (χ1v) is 9.18. The molecule has 0 heterocycles. The van der Waals surface area contributed by atoms with Crippen molar-refractivity contribution in [1.29, 1.82) is 0 Å². The van der Waals surface area contributed by atoms with E-state index in [0.29, 0.717) is 17.8 Å². The molecule has 0 aliphatic heterocycles. The molecule has 0 radical (unpaired) electrons. The minimum Gasteiger partial charge on any atom is -0.0840 e. The van der Waals surface area contributed by atoms with Gasteiger partial charge in [-0.05, 0) is 47.4 Å². The lowest BCUT2D eigenvalue weighted by Gasteiger charge is -2.25. The van der Waals surface area contributed by atoms with Gasteiger partial charge in [0.25, 0.3) is 0 Å². The third kappa shape index (κ3) is 4.19. The van der Waals surface area contributed by atoms with Gasteiger partial charge in [-0.3, -0.25) is 0 Å². The molecule has 1 aliphatic carbocycles. The molecule has 0 nitrogen and oxygen atoms in total. The smallest absolute Gasteiger partial charge is 0.0438 e. The summed E-state index contributed by atoms with van der Waals surface area (Å²) in [6, 6.07) is 17.3. The summed E-state index contributed by atoms with van der Waals surface area (Å²) in [5.41, 5.74) is 4.04. The molecule has 2 aromatic carbocycles. The fraction of sp³-hybridized carbons (Fsp3) is 0.304. The van der Waals surface area contributed by atoms with Crippen molar-refractivity contribution in [1.82, 2.24) is 0 Å². The van der Waals surface area contributed by atoms with Gasteiger partial charge in [-0.15, -0.1) is 0 Å². The zero-order valence-electron chi connectivity index (χ0n) is 14.5. The summed E-state index contributed by atoms with van der Waals surface area (Å²) in [5.74, 6) is 1.56. The first kappa shape index (κ1) is 17.0. The monoisotopic (exact) mass is 336 g/mol. The van der Waals surface area contributed by atoms with Crippen LogP contribution in [0.5, 0.6) is 0 Å². The van der Waals surface area contributed by atoms with Crippen molar-refractivity contribution < 1.29 is 0 Å². The summed E-state index contributed by atoms with van der Waals surface area (Å²) < 4.78 is 0. The molecule has 2 atom stereocenters. The number of hydrogen-bond acceptors (Lipinski definition) is 0.